The SMILES string of the molecule is CCc1cccc2ccn(CC3CCC(C)O3)c12. The molecule has 2 heterocycles. The Morgan fingerprint density at radius 2 is 2.17 bits per heavy atom. The van der Waals surface area contributed by atoms with Crippen LogP contribution in [0, 0.1) is 0 Å². The van der Waals surface area contributed by atoms with Crippen molar-refractivity contribution in [3.8, 4) is 0 Å². The van der Waals surface area contributed by atoms with Crippen LogP contribution in [-0.4, -0.2) is 16.8 Å². The van der Waals surface area contributed by atoms with E-state index in [1.54, 1.807) is 0 Å². The third-order valence-corrected chi connectivity index (χ3v) is 3.97. The van der Waals surface area contributed by atoms with Crippen molar-refractivity contribution in [2.45, 2.75) is 51.9 Å². The number of benzene rings is 1. The first-order valence-electron chi connectivity index (χ1n) is 7.00. The molecule has 1 aromatic carbocycles. The highest BCUT2D eigenvalue weighted by Crippen LogP contribution is 2.25. The van der Waals surface area contributed by atoms with Crippen molar-refractivity contribution in [3.05, 3.63) is 36.0 Å². The molecule has 2 aromatic rings. The quantitative estimate of drug-likeness (QED) is 0.800. The second kappa shape index (κ2) is 4.77. The molecule has 0 N–H and O–H groups in total. The van der Waals surface area contributed by atoms with Gasteiger partial charge in [0.05, 0.1) is 17.7 Å². The monoisotopic (exact) mass is 243 g/mol. The van der Waals surface area contributed by atoms with Crippen LogP contribution in [0.2, 0.25) is 0 Å². The average molecular weight is 243 g/mol. The molecule has 1 aliphatic rings. The van der Waals surface area contributed by atoms with E-state index in [1.165, 1.54) is 29.3 Å². The number of rotatable bonds is 3. The first-order valence-corrected chi connectivity index (χ1v) is 7.00. The van der Waals surface area contributed by atoms with Crippen molar-refractivity contribution in [3.63, 3.8) is 0 Å². The summed E-state index contributed by atoms with van der Waals surface area (Å²) in [6, 6.07) is 8.80. The van der Waals surface area contributed by atoms with Crippen LogP contribution in [0.1, 0.15) is 32.3 Å². The van der Waals surface area contributed by atoms with Gasteiger partial charge >= 0.3 is 0 Å². The molecule has 1 aromatic heterocycles. The van der Waals surface area contributed by atoms with E-state index >= 15 is 0 Å². The molecule has 0 amide bonds. The predicted octanol–water partition coefficient (Wildman–Crippen LogP) is 3.77. The Kier molecular flexibility index (Phi) is 3.13. The van der Waals surface area contributed by atoms with Gasteiger partial charge in [-0.2, -0.15) is 0 Å². The van der Waals surface area contributed by atoms with E-state index in [4.69, 9.17) is 4.74 Å². The van der Waals surface area contributed by atoms with Crippen LogP contribution < -0.4 is 0 Å². The summed E-state index contributed by atoms with van der Waals surface area (Å²) in [5.41, 5.74) is 2.83. The molecule has 0 spiro atoms. The summed E-state index contributed by atoms with van der Waals surface area (Å²) >= 11 is 0. The summed E-state index contributed by atoms with van der Waals surface area (Å²) in [7, 11) is 0. The highest BCUT2D eigenvalue weighted by molar-refractivity contribution is 5.83. The Bertz CT molecular complexity index is 543. The van der Waals surface area contributed by atoms with Crippen molar-refractivity contribution in [2.24, 2.45) is 0 Å². The minimum Gasteiger partial charge on any atom is -0.373 e. The predicted molar refractivity (Wildman–Crippen MR) is 74.9 cm³/mol. The van der Waals surface area contributed by atoms with Gasteiger partial charge in [0.15, 0.2) is 0 Å². The van der Waals surface area contributed by atoms with Crippen molar-refractivity contribution in [1.29, 1.82) is 0 Å². The lowest BCUT2D eigenvalue weighted by Gasteiger charge is -2.14. The number of aryl methyl sites for hydroxylation is 1. The molecule has 1 fully saturated rings. The molecular formula is C16H21NO. The van der Waals surface area contributed by atoms with E-state index in [1.807, 2.05) is 0 Å². The first kappa shape index (κ1) is 11.8. The van der Waals surface area contributed by atoms with Crippen LogP contribution in [0.3, 0.4) is 0 Å². The summed E-state index contributed by atoms with van der Waals surface area (Å²) in [4.78, 5) is 0. The van der Waals surface area contributed by atoms with Gasteiger partial charge in [0.2, 0.25) is 0 Å². The molecule has 3 rings (SSSR count). The number of hydrogen-bond acceptors (Lipinski definition) is 1. The molecule has 2 nitrogen and oxygen atoms in total. The molecule has 1 aliphatic heterocycles. The number of hydrogen-bond donors (Lipinski definition) is 0. The van der Waals surface area contributed by atoms with Crippen LogP contribution in [0.15, 0.2) is 30.5 Å². The van der Waals surface area contributed by atoms with Gasteiger partial charge in [-0.25, -0.2) is 0 Å². The fourth-order valence-corrected chi connectivity index (χ4v) is 3.02. The first-order chi connectivity index (χ1) is 8.78. The van der Waals surface area contributed by atoms with Gasteiger partial charge < -0.3 is 9.30 Å². The van der Waals surface area contributed by atoms with Crippen LogP contribution in [0.5, 0.6) is 0 Å². The third-order valence-electron chi connectivity index (χ3n) is 3.97. The van der Waals surface area contributed by atoms with Crippen LogP contribution >= 0.6 is 0 Å². The zero-order valence-corrected chi connectivity index (χ0v) is 11.2. The van der Waals surface area contributed by atoms with Crippen LogP contribution in [0.25, 0.3) is 10.9 Å². The van der Waals surface area contributed by atoms with E-state index in [0.29, 0.717) is 12.2 Å². The van der Waals surface area contributed by atoms with Crippen molar-refractivity contribution >= 4 is 10.9 Å². The number of aromatic nitrogens is 1. The van der Waals surface area contributed by atoms with Gasteiger partial charge in [-0.15, -0.1) is 0 Å². The zero-order chi connectivity index (χ0) is 12.5. The molecule has 0 saturated carbocycles. The van der Waals surface area contributed by atoms with Gasteiger partial charge in [-0.05, 0) is 43.2 Å². The lowest BCUT2D eigenvalue weighted by molar-refractivity contribution is 0.0465. The zero-order valence-electron chi connectivity index (χ0n) is 11.2. The Labute approximate surface area is 109 Å². The van der Waals surface area contributed by atoms with Gasteiger partial charge in [0, 0.05) is 12.7 Å². The minimum absolute atomic E-state index is 0.389. The average Bonchev–Trinajstić information content (AvgIpc) is 2.97. The maximum atomic E-state index is 5.94. The molecule has 2 heteroatoms. The minimum atomic E-state index is 0.389. The van der Waals surface area contributed by atoms with E-state index in [2.05, 4.69) is 48.9 Å². The normalized spacial score (nSPS) is 23.9. The molecule has 0 aliphatic carbocycles. The Morgan fingerprint density at radius 1 is 1.28 bits per heavy atom. The topological polar surface area (TPSA) is 14.2 Å². The number of ether oxygens (including phenoxy) is 1. The Hall–Kier alpha value is -1.28. The van der Waals surface area contributed by atoms with Crippen LogP contribution in [-0.2, 0) is 17.7 Å². The number of para-hydroxylation sites is 1. The highest BCUT2D eigenvalue weighted by Gasteiger charge is 2.22. The number of nitrogens with zero attached hydrogens (tertiary/aromatic N) is 1. The molecular weight excluding hydrogens is 222 g/mol. The lowest BCUT2D eigenvalue weighted by atomic mass is 10.1. The van der Waals surface area contributed by atoms with Crippen LogP contribution in [0.4, 0.5) is 0 Å². The summed E-state index contributed by atoms with van der Waals surface area (Å²) in [6.45, 7) is 5.39. The van der Waals surface area contributed by atoms with Crippen molar-refractivity contribution < 1.29 is 4.74 Å². The number of fused-ring (bicyclic) bond motifs is 1. The van der Waals surface area contributed by atoms with Gasteiger partial charge in [-0.1, -0.05) is 25.1 Å². The molecule has 1 saturated heterocycles. The van der Waals surface area contributed by atoms with Gasteiger partial charge in [0.25, 0.3) is 0 Å². The largest absolute Gasteiger partial charge is 0.373 e. The lowest BCUT2D eigenvalue weighted by Crippen LogP contribution is -2.16. The second-order valence-corrected chi connectivity index (χ2v) is 5.32. The molecule has 18 heavy (non-hydrogen) atoms. The second-order valence-electron chi connectivity index (χ2n) is 5.32. The fourth-order valence-electron chi connectivity index (χ4n) is 3.02. The van der Waals surface area contributed by atoms with E-state index < -0.39 is 0 Å². The molecule has 2 unspecified atom stereocenters. The molecule has 0 bridgehead atoms. The molecule has 0 radical (unpaired) electrons. The summed E-state index contributed by atoms with van der Waals surface area (Å²) in [5, 5.41) is 1.35. The highest BCUT2D eigenvalue weighted by atomic mass is 16.5. The summed E-state index contributed by atoms with van der Waals surface area (Å²) < 4.78 is 8.31. The Balaban J connectivity index is 1.92. The molecule has 2 atom stereocenters. The van der Waals surface area contributed by atoms with Gasteiger partial charge in [-0.3, -0.25) is 0 Å². The van der Waals surface area contributed by atoms with E-state index in [-0.39, 0.29) is 0 Å². The van der Waals surface area contributed by atoms with E-state index in [0.717, 1.165) is 13.0 Å². The maximum absolute atomic E-state index is 5.94. The van der Waals surface area contributed by atoms with Crippen molar-refractivity contribution in [1.82, 2.24) is 4.57 Å². The summed E-state index contributed by atoms with van der Waals surface area (Å²) in [5.74, 6) is 0. The van der Waals surface area contributed by atoms with E-state index in [9.17, 15) is 0 Å². The summed E-state index contributed by atoms with van der Waals surface area (Å²) in [6.07, 6.45) is 6.50. The molecule has 96 valence electrons. The Morgan fingerprint density at radius 3 is 2.89 bits per heavy atom. The standard InChI is InChI=1S/C16H21NO/c1-3-13-5-4-6-14-9-10-17(16(13)14)11-15-8-7-12(2)18-15/h4-6,9-10,12,15H,3,7-8,11H2,1-2H3. The smallest absolute Gasteiger partial charge is 0.0758 e. The third kappa shape index (κ3) is 2.05. The maximum Gasteiger partial charge on any atom is 0.0758 e. The van der Waals surface area contributed by atoms with Crippen molar-refractivity contribution in [2.75, 3.05) is 0 Å². The fraction of sp³-hybridized carbons (Fsp3) is 0.500. The van der Waals surface area contributed by atoms with Gasteiger partial charge in [0.1, 0.15) is 0 Å².